The largest absolute Gasteiger partial charge is 0.369 e. The standard InChI is InChI=1S/C23H27N5O2/c1-15-14-27(13-12-26(15)4)19-10-8-18(9-11-19)25-23-16(2)17(3)24-20-6-5-7-21(22(20)23)28(29)30/h5-11,15H,12-14H2,1-4H3,(H,24,25). The molecule has 1 fully saturated rings. The van der Waals surface area contributed by atoms with E-state index >= 15 is 0 Å². The summed E-state index contributed by atoms with van der Waals surface area (Å²) in [7, 11) is 2.16. The number of nitrogens with one attached hydrogen (secondary N) is 1. The van der Waals surface area contributed by atoms with Crippen molar-refractivity contribution in [3.05, 3.63) is 63.8 Å². The van der Waals surface area contributed by atoms with Gasteiger partial charge in [0.2, 0.25) is 0 Å². The summed E-state index contributed by atoms with van der Waals surface area (Å²) in [6.45, 7) is 9.17. The van der Waals surface area contributed by atoms with Crippen LogP contribution in [0.3, 0.4) is 0 Å². The van der Waals surface area contributed by atoms with Crippen molar-refractivity contribution >= 4 is 33.7 Å². The predicted molar refractivity (Wildman–Crippen MR) is 122 cm³/mol. The van der Waals surface area contributed by atoms with E-state index in [1.54, 1.807) is 6.07 Å². The summed E-state index contributed by atoms with van der Waals surface area (Å²) in [4.78, 5) is 20.6. The van der Waals surface area contributed by atoms with Crippen LogP contribution in [-0.2, 0) is 0 Å². The zero-order chi connectivity index (χ0) is 21.4. The molecular formula is C23H27N5O2. The van der Waals surface area contributed by atoms with E-state index in [2.05, 4.69) is 46.2 Å². The van der Waals surface area contributed by atoms with Gasteiger partial charge in [0.1, 0.15) is 5.39 Å². The zero-order valence-corrected chi connectivity index (χ0v) is 17.8. The van der Waals surface area contributed by atoms with Crippen molar-refractivity contribution in [2.24, 2.45) is 0 Å². The molecule has 1 saturated heterocycles. The molecule has 156 valence electrons. The Kier molecular flexibility index (Phi) is 5.30. The molecule has 3 aromatic rings. The van der Waals surface area contributed by atoms with E-state index in [0.29, 0.717) is 16.9 Å². The molecule has 30 heavy (non-hydrogen) atoms. The normalized spacial score (nSPS) is 17.3. The minimum Gasteiger partial charge on any atom is -0.369 e. The van der Waals surface area contributed by atoms with Gasteiger partial charge in [0.25, 0.3) is 5.69 Å². The van der Waals surface area contributed by atoms with E-state index in [-0.39, 0.29) is 10.6 Å². The number of benzene rings is 2. The topological polar surface area (TPSA) is 74.5 Å². The third-order valence-electron chi connectivity index (χ3n) is 6.13. The lowest BCUT2D eigenvalue weighted by Gasteiger charge is -2.39. The van der Waals surface area contributed by atoms with Crippen molar-refractivity contribution in [2.45, 2.75) is 26.8 Å². The average molecular weight is 406 g/mol. The summed E-state index contributed by atoms with van der Waals surface area (Å²) in [5.74, 6) is 0. The number of likely N-dealkylation sites (N-methyl/N-ethyl adjacent to an activating group) is 1. The van der Waals surface area contributed by atoms with Gasteiger partial charge in [-0.2, -0.15) is 0 Å². The first-order valence-electron chi connectivity index (χ1n) is 10.2. The van der Waals surface area contributed by atoms with Crippen LogP contribution >= 0.6 is 0 Å². The quantitative estimate of drug-likeness (QED) is 0.503. The number of nitro groups is 1. The minimum atomic E-state index is -0.346. The maximum atomic E-state index is 11.6. The van der Waals surface area contributed by atoms with Crippen molar-refractivity contribution in [2.75, 3.05) is 36.9 Å². The molecule has 1 aromatic heterocycles. The van der Waals surface area contributed by atoms with Crippen LogP contribution in [0.15, 0.2) is 42.5 Å². The summed E-state index contributed by atoms with van der Waals surface area (Å²) in [5.41, 5.74) is 5.28. The zero-order valence-electron chi connectivity index (χ0n) is 17.8. The lowest BCUT2D eigenvalue weighted by atomic mass is 10.0. The molecule has 0 radical (unpaired) electrons. The van der Waals surface area contributed by atoms with E-state index in [9.17, 15) is 10.1 Å². The SMILES string of the molecule is Cc1nc2cccc([N+](=O)[O-])c2c(Nc2ccc(N3CCN(C)C(C)C3)cc2)c1C. The Labute approximate surface area is 176 Å². The molecule has 0 spiro atoms. The predicted octanol–water partition coefficient (Wildman–Crippen LogP) is 4.64. The van der Waals surface area contributed by atoms with Gasteiger partial charge in [-0.25, -0.2) is 0 Å². The molecule has 0 bridgehead atoms. The second-order valence-electron chi connectivity index (χ2n) is 8.07. The van der Waals surface area contributed by atoms with Crippen molar-refractivity contribution in [3.8, 4) is 0 Å². The van der Waals surface area contributed by atoms with Crippen LogP contribution in [0.2, 0.25) is 0 Å². The van der Waals surface area contributed by atoms with E-state index in [4.69, 9.17) is 0 Å². The summed E-state index contributed by atoms with van der Waals surface area (Å²) in [6, 6.07) is 13.8. The van der Waals surface area contributed by atoms with Gasteiger partial charge in [0, 0.05) is 48.8 Å². The molecule has 2 aromatic carbocycles. The van der Waals surface area contributed by atoms with Crippen LogP contribution in [0.4, 0.5) is 22.7 Å². The number of hydrogen-bond acceptors (Lipinski definition) is 6. The van der Waals surface area contributed by atoms with Crippen molar-refractivity contribution < 1.29 is 4.92 Å². The number of pyridine rings is 1. The molecule has 1 N–H and O–H groups in total. The van der Waals surface area contributed by atoms with E-state index in [1.165, 1.54) is 11.8 Å². The Morgan fingerprint density at radius 1 is 1.13 bits per heavy atom. The number of fused-ring (bicyclic) bond motifs is 1. The van der Waals surface area contributed by atoms with E-state index in [1.807, 2.05) is 32.0 Å². The number of non-ortho nitro benzene ring substituents is 1. The first kappa shape index (κ1) is 20.1. The molecule has 4 rings (SSSR count). The number of anilines is 3. The Hall–Kier alpha value is -3.19. The molecule has 1 aliphatic rings. The number of piperazine rings is 1. The molecule has 7 heteroatoms. The molecule has 7 nitrogen and oxygen atoms in total. The first-order valence-corrected chi connectivity index (χ1v) is 10.2. The maximum Gasteiger partial charge on any atom is 0.280 e. The Bertz CT molecular complexity index is 1100. The van der Waals surface area contributed by atoms with E-state index < -0.39 is 0 Å². The highest BCUT2D eigenvalue weighted by Crippen LogP contribution is 2.36. The molecule has 1 aliphatic heterocycles. The van der Waals surface area contributed by atoms with Gasteiger partial charge in [-0.05, 0) is 63.7 Å². The van der Waals surface area contributed by atoms with Crippen LogP contribution in [-0.4, -0.2) is 47.5 Å². The smallest absolute Gasteiger partial charge is 0.280 e. The highest BCUT2D eigenvalue weighted by molar-refractivity contribution is 6.01. The fourth-order valence-corrected chi connectivity index (χ4v) is 4.00. The van der Waals surface area contributed by atoms with Crippen molar-refractivity contribution in [1.82, 2.24) is 9.88 Å². The lowest BCUT2D eigenvalue weighted by molar-refractivity contribution is -0.383. The molecule has 1 atom stereocenters. The molecule has 0 saturated carbocycles. The molecular weight excluding hydrogens is 378 g/mol. The highest BCUT2D eigenvalue weighted by Gasteiger charge is 2.22. The number of nitro benzene ring substituents is 1. The number of aryl methyl sites for hydroxylation is 1. The number of nitrogens with zero attached hydrogens (tertiary/aromatic N) is 4. The van der Waals surface area contributed by atoms with Gasteiger partial charge < -0.3 is 15.1 Å². The second kappa shape index (κ2) is 7.91. The third-order valence-corrected chi connectivity index (χ3v) is 6.13. The Morgan fingerprint density at radius 2 is 1.87 bits per heavy atom. The number of hydrogen-bond donors (Lipinski definition) is 1. The Morgan fingerprint density at radius 3 is 2.53 bits per heavy atom. The van der Waals surface area contributed by atoms with Gasteiger partial charge in [-0.1, -0.05) is 6.07 Å². The van der Waals surface area contributed by atoms with Crippen molar-refractivity contribution in [1.29, 1.82) is 0 Å². The Balaban J connectivity index is 1.68. The molecule has 2 heterocycles. The highest BCUT2D eigenvalue weighted by atomic mass is 16.6. The fraction of sp³-hybridized carbons (Fsp3) is 0.348. The monoisotopic (exact) mass is 405 g/mol. The van der Waals surface area contributed by atoms with Crippen LogP contribution < -0.4 is 10.2 Å². The molecule has 1 unspecified atom stereocenters. The summed E-state index contributed by atoms with van der Waals surface area (Å²) >= 11 is 0. The maximum absolute atomic E-state index is 11.6. The summed E-state index contributed by atoms with van der Waals surface area (Å²) < 4.78 is 0. The lowest BCUT2D eigenvalue weighted by Crippen LogP contribution is -2.50. The third kappa shape index (κ3) is 3.68. The van der Waals surface area contributed by atoms with E-state index in [0.717, 1.165) is 42.3 Å². The van der Waals surface area contributed by atoms with Gasteiger partial charge in [-0.15, -0.1) is 0 Å². The van der Waals surface area contributed by atoms with Gasteiger partial charge in [0.05, 0.1) is 16.1 Å². The number of rotatable bonds is 4. The van der Waals surface area contributed by atoms with Crippen LogP contribution in [0.5, 0.6) is 0 Å². The van der Waals surface area contributed by atoms with Gasteiger partial charge in [0.15, 0.2) is 0 Å². The van der Waals surface area contributed by atoms with Crippen LogP contribution in [0, 0.1) is 24.0 Å². The van der Waals surface area contributed by atoms with Crippen LogP contribution in [0.1, 0.15) is 18.2 Å². The average Bonchev–Trinajstić information content (AvgIpc) is 2.73. The van der Waals surface area contributed by atoms with Gasteiger partial charge >= 0.3 is 0 Å². The number of aromatic nitrogens is 1. The molecule has 0 aliphatic carbocycles. The summed E-state index contributed by atoms with van der Waals surface area (Å²) in [5, 5.41) is 15.6. The fourth-order valence-electron chi connectivity index (χ4n) is 4.00. The van der Waals surface area contributed by atoms with Crippen molar-refractivity contribution in [3.63, 3.8) is 0 Å². The first-order chi connectivity index (χ1) is 14.3. The molecule has 0 amide bonds. The van der Waals surface area contributed by atoms with Crippen LogP contribution in [0.25, 0.3) is 10.9 Å². The summed E-state index contributed by atoms with van der Waals surface area (Å²) in [6.07, 6.45) is 0. The van der Waals surface area contributed by atoms with Gasteiger partial charge in [-0.3, -0.25) is 15.1 Å². The minimum absolute atomic E-state index is 0.0636. The second-order valence-corrected chi connectivity index (χ2v) is 8.07.